The minimum absolute atomic E-state index is 0.0590. The molecule has 1 amide bonds. The van der Waals surface area contributed by atoms with Crippen LogP contribution in [-0.2, 0) is 11.3 Å². The Hall–Kier alpha value is -1.21. The van der Waals surface area contributed by atoms with Crippen LogP contribution in [0.5, 0.6) is 0 Å². The van der Waals surface area contributed by atoms with Crippen molar-refractivity contribution in [1.82, 2.24) is 14.9 Å². The SMILES string of the molecule is CC(C)(C)NC(=O)CCn1c(=S)[nH]c2cc(Br)c(F)cc21. The first-order valence-electron chi connectivity index (χ1n) is 6.56. The molecule has 0 unspecified atom stereocenters. The molecule has 0 radical (unpaired) electrons. The summed E-state index contributed by atoms with van der Waals surface area (Å²) in [6.45, 7) is 6.18. The monoisotopic (exact) mass is 373 g/mol. The van der Waals surface area contributed by atoms with Crippen molar-refractivity contribution in [2.45, 2.75) is 39.3 Å². The number of carbonyl (C=O) groups is 1. The number of imidazole rings is 1. The van der Waals surface area contributed by atoms with E-state index in [4.69, 9.17) is 12.2 Å². The zero-order valence-corrected chi connectivity index (χ0v) is 14.5. The van der Waals surface area contributed by atoms with E-state index in [0.29, 0.717) is 21.3 Å². The zero-order chi connectivity index (χ0) is 15.8. The van der Waals surface area contributed by atoms with Gasteiger partial charge >= 0.3 is 0 Å². The number of amides is 1. The first-order chi connectivity index (χ1) is 9.67. The zero-order valence-electron chi connectivity index (χ0n) is 12.1. The fourth-order valence-electron chi connectivity index (χ4n) is 2.07. The van der Waals surface area contributed by atoms with Gasteiger partial charge < -0.3 is 14.9 Å². The van der Waals surface area contributed by atoms with Gasteiger partial charge in [-0.05, 0) is 55.0 Å². The molecule has 0 spiro atoms. The Morgan fingerprint density at radius 2 is 2.14 bits per heavy atom. The number of nitrogens with zero attached hydrogens (tertiary/aromatic N) is 1. The summed E-state index contributed by atoms with van der Waals surface area (Å²) in [5.74, 6) is -0.416. The normalized spacial score (nSPS) is 11.9. The summed E-state index contributed by atoms with van der Waals surface area (Å²) in [7, 11) is 0. The van der Waals surface area contributed by atoms with Crippen LogP contribution in [0.3, 0.4) is 0 Å². The minimum atomic E-state index is -0.357. The number of H-pyrrole nitrogens is 1. The third-order valence-corrected chi connectivity index (χ3v) is 3.82. The van der Waals surface area contributed by atoms with Gasteiger partial charge in [0, 0.05) is 24.6 Å². The Balaban J connectivity index is 2.23. The average Bonchev–Trinajstić information content (AvgIpc) is 2.60. The largest absolute Gasteiger partial charge is 0.351 e. The lowest BCUT2D eigenvalue weighted by molar-refractivity contribution is -0.122. The van der Waals surface area contributed by atoms with Crippen LogP contribution in [0.4, 0.5) is 4.39 Å². The van der Waals surface area contributed by atoms with Crippen molar-refractivity contribution in [3.63, 3.8) is 0 Å². The highest BCUT2D eigenvalue weighted by molar-refractivity contribution is 9.10. The molecule has 0 aliphatic rings. The van der Waals surface area contributed by atoms with Gasteiger partial charge in [0.1, 0.15) is 5.82 Å². The number of rotatable bonds is 3. The maximum Gasteiger partial charge on any atom is 0.222 e. The van der Waals surface area contributed by atoms with E-state index in [1.54, 1.807) is 10.6 Å². The number of carbonyl (C=O) groups excluding carboxylic acids is 1. The van der Waals surface area contributed by atoms with Crippen molar-refractivity contribution in [2.75, 3.05) is 0 Å². The van der Waals surface area contributed by atoms with Crippen molar-refractivity contribution < 1.29 is 9.18 Å². The van der Waals surface area contributed by atoms with E-state index in [1.807, 2.05) is 20.8 Å². The molecule has 2 N–H and O–H groups in total. The second kappa shape index (κ2) is 5.88. The number of benzene rings is 1. The van der Waals surface area contributed by atoms with Gasteiger partial charge in [0.05, 0.1) is 15.5 Å². The Morgan fingerprint density at radius 1 is 1.48 bits per heavy atom. The molecular formula is C14H17BrFN3OS. The Labute approximate surface area is 135 Å². The van der Waals surface area contributed by atoms with E-state index in [9.17, 15) is 9.18 Å². The summed E-state index contributed by atoms with van der Waals surface area (Å²) >= 11 is 8.38. The fourth-order valence-corrected chi connectivity index (χ4v) is 2.71. The lowest BCUT2D eigenvalue weighted by Gasteiger charge is -2.20. The molecule has 1 aromatic carbocycles. The van der Waals surface area contributed by atoms with E-state index < -0.39 is 0 Å². The molecule has 1 aromatic heterocycles. The van der Waals surface area contributed by atoms with Crippen LogP contribution in [0.1, 0.15) is 27.2 Å². The van der Waals surface area contributed by atoms with Crippen molar-refractivity contribution in [2.24, 2.45) is 0 Å². The summed E-state index contributed by atoms with van der Waals surface area (Å²) < 4.78 is 16.3. The molecule has 114 valence electrons. The van der Waals surface area contributed by atoms with E-state index in [0.717, 1.165) is 5.52 Å². The number of nitrogens with one attached hydrogen (secondary N) is 2. The van der Waals surface area contributed by atoms with Gasteiger partial charge in [-0.1, -0.05) is 0 Å². The lowest BCUT2D eigenvalue weighted by atomic mass is 10.1. The first-order valence-corrected chi connectivity index (χ1v) is 7.76. The molecular weight excluding hydrogens is 357 g/mol. The van der Waals surface area contributed by atoms with Crippen LogP contribution in [0.2, 0.25) is 0 Å². The number of hydrogen-bond donors (Lipinski definition) is 2. The van der Waals surface area contributed by atoms with Gasteiger partial charge in [-0.2, -0.15) is 0 Å². The second-order valence-corrected chi connectivity index (χ2v) is 7.15. The summed E-state index contributed by atoms with van der Waals surface area (Å²) in [5, 5.41) is 2.89. The number of halogens is 2. The number of aromatic amines is 1. The van der Waals surface area contributed by atoms with E-state index in [2.05, 4.69) is 26.2 Å². The van der Waals surface area contributed by atoms with Crippen molar-refractivity contribution >= 4 is 45.1 Å². The minimum Gasteiger partial charge on any atom is -0.351 e. The topological polar surface area (TPSA) is 49.8 Å². The predicted octanol–water partition coefficient (Wildman–Crippen LogP) is 3.91. The van der Waals surface area contributed by atoms with Gasteiger partial charge in [0.25, 0.3) is 0 Å². The summed E-state index contributed by atoms with van der Waals surface area (Å²) in [6.07, 6.45) is 0.288. The van der Waals surface area contributed by atoms with E-state index in [-0.39, 0.29) is 23.7 Å². The Morgan fingerprint density at radius 3 is 2.76 bits per heavy atom. The van der Waals surface area contributed by atoms with Crippen LogP contribution in [0.15, 0.2) is 16.6 Å². The molecule has 21 heavy (non-hydrogen) atoms. The lowest BCUT2D eigenvalue weighted by Crippen LogP contribution is -2.40. The first kappa shape index (κ1) is 16.2. The number of hydrogen-bond acceptors (Lipinski definition) is 2. The molecule has 0 aliphatic heterocycles. The van der Waals surface area contributed by atoms with Crippen LogP contribution < -0.4 is 5.32 Å². The molecule has 1 heterocycles. The van der Waals surface area contributed by atoms with Crippen molar-refractivity contribution in [3.05, 3.63) is 27.2 Å². The standard InChI is InChI=1S/C14H17BrFN3OS/c1-14(2,3)18-12(20)4-5-19-11-7-9(16)8(15)6-10(11)17-13(19)21/h6-7H,4-5H2,1-3H3,(H,17,21)(H,18,20). The maximum absolute atomic E-state index is 13.7. The third kappa shape index (κ3) is 3.91. The molecule has 0 bridgehead atoms. The number of aromatic nitrogens is 2. The Kier molecular flexibility index (Phi) is 4.53. The van der Waals surface area contributed by atoms with Gasteiger partial charge in [-0.3, -0.25) is 4.79 Å². The smallest absolute Gasteiger partial charge is 0.222 e. The van der Waals surface area contributed by atoms with E-state index >= 15 is 0 Å². The van der Waals surface area contributed by atoms with E-state index in [1.165, 1.54) is 6.07 Å². The van der Waals surface area contributed by atoms with Gasteiger partial charge in [-0.15, -0.1) is 0 Å². The number of fused-ring (bicyclic) bond motifs is 1. The average molecular weight is 374 g/mol. The quantitative estimate of drug-likeness (QED) is 0.801. The molecule has 4 nitrogen and oxygen atoms in total. The molecule has 0 atom stereocenters. The second-order valence-electron chi connectivity index (χ2n) is 5.91. The molecule has 0 saturated heterocycles. The summed E-state index contributed by atoms with van der Waals surface area (Å²) in [6, 6.07) is 3.06. The maximum atomic E-state index is 13.7. The molecule has 0 fully saturated rings. The van der Waals surface area contributed by atoms with Crippen LogP contribution in [0.25, 0.3) is 11.0 Å². The van der Waals surface area contributed by atoms with Crippen molar-refractivity contribution in [1.29, 1.82) is 0 Å². The molecule has 7 heteroatoms. The third-order valence-electron chi connectivity index (χ3n) is 2.89. The number of aryl methyl sites for hydroxylation is 1. The molecule has 0 aliphatic carbocycles. The Bertz CT molecular complexity index is 745. The molecule has 0 saturated carbocycles. The van der Waals surface area contributed by atoms with Crippen molar-refractivity contribution in [3.8, 4) is 0 Å². The van der Waals surface area contributed by atoms with Crippen LogP contribution in [0, 0.1) is 10.6 Å². The summed E-state index contributed by atoms with van der Waals surface area (Å²) in [5.41, 5.74) is 1.13. The highest BCUT2D eigenvalue weighted by atomic mass is 79.9. The van der Waals surface area contributed by atoms with Crippen LogP contribution >= 0.6 is 28.1 Å². The highest BCUT2D eigenvalue weighted by Crippen LogP contribution is 2.23. The van der Waals surface area contributed by atoms with Gasteiger partial charge in [-0.25, -0.2) is 4.39 Å². The molecule has 2 rings (SSSR count). The van der Waals surface area contributed by atoms with Crippen LogP contribution in [-0.4, -0.2) is 21.0 Å². The highest BCUT2D eigenvalue weighted by Gasteiger charge is 2.15. The molecule has 2 aromatic rings. The van der Waals surface area contributed by atoms with Gasteiger partial charge in [0.2, 0.25) is 5.91 Å². The fraction of sp³-hybridized carbons (Fsp3) is 0.429. The predicted molar refractivity (Wildman–Crippen MR) is 87.3 cm³/mol. The summed E-state index contributed by atoms with van der Waals surface area (Å²) in [4.78, 5) is 14.9. The van der Waals surface area contributed by atoms with Gasteiger partial charge in [0.15, 0.2) is 4.77 Å².